The maximum absolute atomic E-state index is 12.5. The summed E-state index contributed by atoms with van der Waals surface area (Å²) in [6, 6.07) is 24.0. The average Bonchev–Trinajstić information content (AvgIpc) is 3.51. The topological polar surface area (TPSA) is 93.5 Å². The maximum Gasteiger partial charge on any atom is 0.411 e. The molecule has 0 unspecified atom stereocenters. The molecule has 164 valence electrons. The standard InChI is InChI=1S/C26H27N3O3/c1-2-26(27)16-23(26)19-8-12-21(13-9-19)28-24(30)20-10-14-22(15-11-20)29-25(31)32-17-18-6-4-3-5-7-18/h3-15,23H,2,16-17,27H2,1H3,(H,28,30)(H,29,31)/t23-,26+/m0/s1. The highest BCUT2D eigenvalue weighted by molar-refractivity contribution is 6.04. The predicted octanol–water partition coefficient (Wildman–Crippen LogP) is 5.28. The maximum atomic E-state index is 12.5. The summed E-state index contributed by atoms with van der Waals surface area (Å²) in [5.41, 5.74) is 10.1. The van der Waals surface area contributed by atoms with Crippen LogP contribution < -0.4 is 16.4 Å². The van der Waals surface area contributed by atoms with E-state index in [-0.39, 0.29) is 18.1 Å². The molecule has 0 aliphatic heterocycles. The van der Waals surface area contributed by atoms with Crippen LogP contribution in [-0.4, -0.2) is 17.5 Å². The molecule has 0 aromatic heterocycles. The van der Waals surface area contributed by atoms with E-state index in [0.717, 1.165) is 24.1 Å². The summed E-state index contributed by atoms with van der Waals surface area (Å²) in [5.74, 6) is 0.181. The van der Waals surface area contributed by atoms with Crippen LogP contribution in [0.25, 0.3) is 0 Å². The molecule has 1 aliphatic rings. The van der Waals surface area contributed by atoms with Gasteiger partial charge in [0.1, 0.15) is 6.61 Å². The van der Waals surface area contributed by atoms with E-state index in [1.165, 1.54) is 5.56 Å². The fraction of sp³-hybridized carbons (Fsp3) is 0.231. The number of rotatable bonds is 7. The van der Waals surface area contributed by atoms with Crippen LogP contribution in [-0.2, 0) is 11.3 Å². The van der Waals surface area contributed by atoms with E-state index in [0.29, 0.717) is 17.2 Å². The van der Waals surface area contributed by atoms with Gasteiger partial charge in [-0.05, 0) is 60.4 Å². The van der Waals surface area contributed by atoms with Crippen molar-refractivity contribution >= 4 is 23.4 Å². The number of hydrogen-bond acceptors (Lipinski definition) is 4. The molecule has 1 aliphatic carbocycles. The summed E-state index contributed by atoms with van der Waals surface area (Å²) in [7, 11) is 0. The van der Waals surface area contributed by atoms with Gasteiger partial charge in [0.15, 0.2) is 0 Å². The Bertz CT molecular complexity index is 1080. The van der Waals surface area contributed by atoms with Crippen molar-refractivity contribution in [2.24, 2.45) is 5.73 Å². The zero-order valence-electron chi connectivity index (χ0n) is 18.0. The normalized spacial score (nSPS) is 19.1. The third kappa shape index (κ3) is 5.15. The van der Waals surface area contributed by atoms with Gasteiger partial charge in [-0.1, -0.05) is 49.4 Å². The Morgan fingerprint density at radius 3 is 2.19 bits per heavy atom. The molecule has 3 aromatic carbocycles. The van der Waals surface area contributed by atoms with Crippen molar-refractivity contribution in [2.45, 2.75) is 37.8 Å². The molecule has 4 N–H and O–H groups in total. The number of carbonyl (C=O) groups is 2. The second-order valence-corrected chi connectivity index (χ2v) is 8.18. The molecule has 4 rings (SSSR count). The van der Waals surface area contributed by atoms with Crippen molar-refractivity contribution in [3.63, 3.8) is 0 Å². The van der Waals surface area contributed by atoms with Gasteiger partial charge in [0, 0.05) is 28.4 Å². The fourth-order valence-electron chi connectivity index (χ4n) is 3.75. The van der Waals surface area contributed by atoms with Gasteiger partial charge in [-0.15, -0.1) is 0 Å². The molecule has 2 atom stereocenters. The van der Waals surface area contributed by atoms with Gasteiger partial charge < -0.3 is 15.8 Å². The first-order valence-electron chi connectivity index (χ1n) is 10.7. The van der Waals surface area contributed by atoms with Crippen molar-refractivity contribution < 1.29 is 14.3 Å². The van der Waals surface area contributed by atoms with Gasteiger partial charge in [0.25, 0.3) is 5.91 Å². The van der Waals surface area contributed by atoms with Crippen molar-refractivity contribution in [1.82, 2.24) is 0 Å². The first-order chi connectivity index (χ1) is 15.5. The zero-order valence-corrected chi connectivity index (χ0v) is 18.0. The number of anilines is 2. The molecule has 6 nitrogen and oxygen atoms in total. The SMILES string of the molecule is CC[C@@]1(N)C[C@H]1c1ccc(NC(=O)c2ccc(NC(=O)OCc3ccccc3)cc2)cc1. The largest absolute Gasteiger partial charge is 0.444 e. The molecule has 0 radical (unpaired) electrons. The number of ether oxygens (including phenoxy) is 1. The second-order valence-electron chi connectivity index (χ2n) is 8.18. The molecule has 3 aromatic rings. The number of carbonyl (C=O) groups excluding carboxylic acids is 2. The first-order valence-corrected chi connectivity index (χ1v) is 10.7. The van der Waals surface area contributed by atoms with Crippen LogP contribution in [0, 0.1) is 0 Å². The Morgan fingerprint density at radius 2 is 1.56 bits per heavy atom. The van der Waals surface area contributed by atoms with Crippen LogP contribution in [0.1, 0.15) is 47.2 Å². The lowest BCUT2D eigenvalue weighted by Gasteiger charge is -2.10. The van der Waals surface area contributed by atoms with Gasteiger partial charge in [0.05, 0.1) is 0 Å². The number of benzene rings is 3. The lowest BCUT2D eigenvalue weighted by molar-refractivity contribution is 0.102. The van der Waals surface area contributed by atoms with Gasteiger partial charge in [-0.2, -0.15) is 0 Å². The number of nitrogens with two attached hydrogens (primary N) is 1. The van der Waals surface area contributed by atoms with E-state index >= 15 is 0 Å². The summed E-state index contributed by atoms with van der Waals surface area (Å²) in [4.78, 5) is 24.5. The Hall–Kier alpha value is -3.64. The van der Waals surface area contributed by atoms with Gasteiger partial charge in [-0.3, -0.25) is 10.1 Å². The van der Waals surface area contributed by atoms with Gasteiger partial charge in [-0.25, -0.2) is 4.79 Å². The molecule has 0 saturated heterocycles. The Labute approximate surface area is 187 Å². The van der Waals surface area contributed by atoms with E-state index in [2.05, 4.69) is 17.6 Å². The molecule has 0 bridgehead atoms. The molecule has 0 heterocycles. The Balaban J connectivity index is 1.28. The fourth-order valence-corrected chi connectivity index (χ4v) is 3.75. The third-order valence-corrected chi connectivity index (χ3v) is 5.95. The monoisotopic (exact) mass is 429 g/mol. The van der Waals surface area contributed by atoms with Crippen LogP contribution in [0.3, 0.4) is 0 Å². The summed E-state index contributed by atoms with van der Waals surface area (Å²) in [6.07, 6.45) is 1.42. The van der Waals surface area contributed by atoms with Crippen LogP contribution >= 0.6 is 0 Å². The highest BCUT2D eigenvalue weighted by atomic mass is 16.5. The van der Waals surface area contributed by atoms with E-state index in [1.807, 2.05) is 54.6 Å². The van der Waals surface area contributed by atoms with E-state index in [1.54, 1.807) is 24.3 Å². The van der Waals surface area contributed by atoms with Crippen LogP contribution in [0.15, 0.2) is 78.9 Å². The minimum atomic E-state index is -0.550. The van der Waals surface area contributed by atoms with E-state index in [4.69, 9.17) is 10.5 Å². The number of amides is 2. The van der Waals surface area contributed by atoms with Crippen molar-refractivity contribution in [3.05, 3.63) is 95.6 Å². The third-order valence-electron chi connectivity index (χ3n) is 5.95. The molecule has 1 saturated carbocycles. The number of hydrogen-bond donors (Lipinski definition) is 3. The highest BCUT2D eigenvalue weighted by Gasteiger charge is 2.49. The minimum absolute atomic E-state index is 0.0749. The van der Waals surface area contributed by atoms with Gasteiger partial charge in [0.2, 0.25) is 0 Å². The minimum Gasteiger partial charge on any atom is -0.444 e. The predicted molar refractivity (Wildman–Crippen MR) is 126 cm³/mol. The smallest absolute Gasteiger partial charge is 0.411 e. The van der Waals surface area contributed by atoms with Crippen molar-refractivity contribution in [1.29, 1.82) is 0 Å². The molecular formula is C26H27N3O3. The lowest BCUT2D eigenvalue weighted by Crippen LogP contribution is -2.22. The highest BCUT2D eigenvalue weighted by Crippen LogP contribution is 2.51. The first kappa shape index (κ1) is 21.6. The molecule has 0 spiro atoms. The second kappa shape index (κ2) is 9.24. The van der Waals surface area contributed by atoms with Gasteiger partial charge >= 0.3 is 6.09 Å². The lowest BCUT2D eigenvalue weighted by atomic mass is 10.0. The average molecular weight is 430 g/mol. The van der Waals surface area contributed by atoms with E-state index in [9.17, 15) is 9.59 Å². The molecular weight excluding hydrogens is 402 g/mol. The summed E-state index contributed by atoms with van der Waals surface area (Å²) < 4.78 is 5.20. The quantitative estimate of drug-likeness (QED) is 0.476. The molecule has 1 fully saturated rings. The molecule has 2 amide bonds. The van der Waals surface area contributed by atoms with Crippen LogP contribution in [0.4, 0.5) is 16.2 Å². The van der Waals surface area contributed by atoms with Crippen LogP contribution in [0.5, 0.6) is 0 Å². The summed E-state index contributed by atoms with van der Waals surface area (Å²) in [5, 5.41) is 5.55. The Morgan fingerprint density at radius 1 is 0.938 bits per heavy atom. The van der Waals surface area contributed by atoms with Crippen molar-refractivity contribution in [3.8, 4) is 0 Å². The summed E-state index contributed by atoms with van der Waals surface area (Å²) in [6.45, 7) is 2.31. The Kier molecular flexibility index (Phi) is 6.23. The molecule has 6 heteroatoms. The number of nitrogens with one attached hydrogen (secondary N) is 2. The molecule has 32 heavy (non-hydrogen) atoms. The zero-order chi connectivity index (χ0) is 22.6. The summed E-state index contributed by atoms with van der Waals surface area (Å²) >= 11 is 0. The van der Waals surface area contributed by atoms with Crippen molar-refractivity contribution in [2.75, 3.05) is 10.6 Å². The van der Waals surface area contributed by atoms with E-state index < -0.39 is 6.09 Å². The van der Waals surface area contributed by atoms with Crippen LogP contribution in [0.2, 0.25) is 0 Å².